The summed E-state index contributed by atoms with van der Waals surface area (Å²) in [4.78, 5) is 29.9. The number of hydrogen-bond acceptors (Lipinski definition) is 3. The molecule has 160 valence electrons. The van der Waals surface area contributed by atoms with Crippen LogP contribution in [0, 0.1) is 17.8 Å². The van der Waals surface area contributed by atoms with Crippen LogP contribution >= 0.6 is 0 Å². The summed E-state index contributed by atoms with van der Waals surface area (Å²) in [5, 5.41) is 6.02. The minimum absolute atomic E-state index is 0.00581. The largest absolute Gasteiger partial charge is 0.350 e. The summed E-state index contributed by atoms with van der Waals surface area (Å²) in [6.07, 6.45) is 7.89. The summed E-state index contributed by atoms with van der Waals surface area (Å²) < 4.78 is 0. The number of amides is 2. The lowest BCUT2D eigenvalue weighted by atomic mass is 9.76. The Morgan fingerprint density at radius 2 is 1.63 bits per heavy atom. The zero-order valence-corrected chi connectivity index (χ0v) is 18.0. The Labute approximate surface area is 179 Å². The van der Waals surface area contributed by atoms with Gasteiger partial charge < -0.3 is 10.6 Å². The quantitative estimate of drug-likeness (QED) is 0.697. The van der Waals surface area contributed by atoms with Gasteiger partial charge in [0.25, 0.3) is 0 Å². The van der Waals surface area contributed by atoms with E-state index in [-0.39, 0.29) is 17.7 Å². The van der Waals surface area contributed by atoms with Gasteiger partial charge in [0.05, 0.1) is 0 Å². The van der Waals surface area contributed by atoms with Gasteiger partial charge in [-0.2, -0.15) is 0 Å². The third-order valence-electron chi connectivity index (χ3n) is 6.22. The van der Waals surface area contributed by atoms with Crippen molar-refractivity contribution in [3.63, 3.8) is 0 Å². The lowest BCUT2D eigenvalue weighted by Gasteiger charge is -2.31. The fourth-order valence-electron chi connectivity index (χ4n) is 4.21. The molecule has 1 aromatic carbocycles. The average molecular weight is 408 g/mol. The van der Waals surface area contributed by atoms with Crippen molar-refractivity contribution in [3.8, 4) is 0 Å². The molecule has 30 heavy (non-hydrogen) atoms. The van der Waals surface area contributed by atoms with Crippen LogP contribution in [0.4, 0.5) is 0 Å². The number of carbonyl (C=O) groups is 2. The molecule has 1 aliphatic rings. The van der Waals surface area contributed by atoms with Crippen LogP contribution in [-0.4, -0.2) is 22.8 Å². The SMILES string of the molecule is CC(C)C1CCC(C(=O)NC(Cc2ccccc2)C(=O)NCc2ccncc2)CC1. The molecule has 5 nitrogen and oxygen atoms in total. The summed E-state index contributed by atoms with van der Waals surface area (Å²) in [6.45, 7) is 4.93. The van der Waals surface area contributed by atoms with Gasteiger partial charge in [0, 0.05) is 31.3 Å². The third kappa shape index (κ3) is 6.41. The summed E-state index contributed by atoms with van der Waals surface area (Å²) in [5.74, 6) is 1.24. The number of hydrogen-bond donors (Lipinski definition) is 2. The second-order valence-electron chi connectivity index (χ2n) is 8.68. The monoisotopic (exact) mass is 407 g/mol. The summed E-state index contributed by atoms with van der Waals surface area (Å²) in [7, 11) is 0. The van der Waals surface area contributed by atoms with Crippen LogP contribution < -0.4 is 10.6 Å². The standard InChI is InChI=1S/C25H33N3O2/c1-18(2)21-8-10-22(11-9-21)24(29)28-23(16-19-6-4-3-5-7-19)25(30)27-17-20-12-14-26-15-13-20/h3-7,12-15,18,21-23H,8-11,16-17H2,1-2H3,(H,27,30)(H,28,29). The van der Waals surface area contributed by atoms with E-state index in [1.807, 2.05) is 42.5 Å². The molecular formula is C25H33N3O2. The topological polar surface area (TPSA) is 71.1 Å². The first-order chi connectivity index (χ1) is 14.5. The predicted octanol–water partition coefficient (Wildman–Crippen LogP) is 3.89. The molecular weight excluding hydrogens is 374 g/mol. The Morgan fingerprint density at radius 3 is 2.27 bits per heavy atom. The maximum atomic E-state index is 13.0. The molecule has 2 aromatic rings. The molecule has 2 amide bonds. The second-order valence-corrected chi connectivity index (χ2v) is 8.68. The molecule has 3 rings (SSSR count). The van der Waals surface area contributed by atoms with Gasteiger partial charge in [-0.25, -0.2) is 0 Å². The maximum Gasteiger partial charge on any atom is 0.243 e. The summed E-state index contributed by atoms with van der Waals surface area (Å²) in [6, 6.07) is 13.0. The Kier molecular flexibility index (Phi) is 8.00. The van der Waals surface area contributed by atoms with E-state index < -0.39 is 6.04 Å². The first-order valence-corrected chi connectivity index (χ1v) is 11.0. The van der Waals surface area contributed by atoms with Crippen LogP contribution in [0.5, 0.6) is 0 Å². The Hall–Kier alpha value is -2.69. The van der Waals surface area contributed by atoms with Gasteiger partial charge in [-0.1, -0.05) is 44.2 Å². The highest BCUT2D eigenvalue weighted by Crippen LogP contribution is 2.33. The molecule has 5 heteroatoms. The van der Waals surface area contributed by atoms with Crippen molar-refractivity contribution in [2.24, 2.45) is 17.8 Å². The molecule has 0 saturated heterocycles. The van der Waals surface area contributed by atoms with Crippen molar-refractivity contribution in [1.82, 2.24) is 15.6 Å². The maximum absolute atomic E-state index is 13.0. The van der Waals surface area contributed by atoms with E-state index in [1.165, 1.54) is 0 Å². The van der Waals surface area contributed by atoms with Crippen molar-refractivity contribution in [1.29, 1.82) is 0 Å². The second kappa shape index (κ2) is 10.9. The van der Waals surface area contributed by atoms with Crippen LogP contribution in [-0.2, 0) is 22.6 Å². The molecule has 1 atom stereocenters. The van der Waals surface area contributed by atoms with Crippen LogP contribution in [0.15, 0.2) is 54.9 Å². The molecule has 0 radical (unpaired) electrons. The number of benzene rings is 1. The zero-order valence-electron chi connectivity index (χ0n) is 18.0. The van der Waals surface area contributed by atoms with Crippen LogP contribution in [0.1, 0.15) is 50.7 Å². The molecule has 2 N–H and O–H groups in total. The van der Waals surface area contributed by atoms with Crippen molar-refractivity contribution < 1.29 is 9.59 Å². The van der Waals surface area contributed by atoms with Crippen LogP contribution in [0.25, 0.3) is 0 Å². The van der Waals surface area contributed by atoms with E-state index in [2.05, 4.69) is 29.5 Å². The highest BCUT2D eigenvalue weighted by Gasteiger charge is 2.30. The number of carbonyl (C=O) groups excluding carboxylic acids is 2. The van der Waals surface area contributed by atoms with E-state index in [0.29, 0.717) is 24.8 Å². The summed E-state index contributed by atoms with van der Waals surface area (Å²) in [5.41, 5.74) is 2.01. The molecule has 1 saturated carbocycles. The number of rotatable bonds is 8. The van der Waals surface area contributed by atoms with Gasteiger partial charge in [-0.15, -0.1) is 0 Å². The van der Waals surface area contributed by atoms with Crippen molar-refractivity contribution in [2.75, 3.05) is 0 Å². The van der Waals surface area contributed by atoms with Gasteiger partial charge in [-0.3, -0.25) is 14.6 Å². The minimum atomic E-state index is -0.579. The Bertz CT molecular complexity index is 800. The fraction of sp³-hybridized carbons (Fsp3) is 0.480. The van der Waals surface area contributed by atoms with E-state index in [4.69, 9.17) is 0 Å². The van der Waals surface area contributed by atoms with Crippen LogP contribution in [0.2, 0.25) is 0 Å². The number of pyridine rings is 1. The Morgan fingerprint density at radius 1 is 0.967 bits per heavy atom. The average Bonchev–Trinajstić information content (AvgIpc) is 2.78. The minimum Gasteiger partial charge on any atom is -0.350 e. The lowest BCUT2D eigenvalue weighted by Crippen LogP contribution is -2.49. The zero-order chi connectivity index (χ0) is 21.3. The molecule has 1 unspecified atom stereocenters. The molecule has 1 aromatic heterocycles. The highest BCUT2D eigenvalue weighted by molar-refractivity contribution is 5.88. The number of aromatic nitrogens is 1. The number of nitrogens with zero attached hydrogens (tertiary/aromatic N) is 1. The van der Waals surface area contributed by atoms with E-state index in [9.17, 15) is 9.59 Å². The van der Waals surface area contributed by atoms with Crippen LogP contribution in [0.3, 0.4) is 0 Å². The third-order valence-corrected chi connectivity index (χ3v) is 6.22. The molecule has 0 spiro atoms. The van der Waals surface area contributed by atoms with E-state index in [1.54, 1.807) is 12.4 Å². The first kappa shape index (κ1) is 22.0. The van der Waals surface area contributed by atoms with E-state index in [0.717, 1.165) is 36.8 Å². The lowest BCUT2D eigenvalue weighted by molar-refractivity contribution is -0.132. The Balaban J connectivity index is 1.62. The van der Waals surface area contributed by atoms with Gasteiger partial charge in [0.2, 0.25) is 11.8 Å². The molecule has 0 aliphatic heterocycles. The fourth-order valence-corrected chi connectivity index (χ4v) is 4.21. The molecule has 0 bridgehead atoms. The van der Waals surface area contributed by atoms with Crippen molar-refractivity contribution in [3.05, 3.63) is 66.0 Å². The van der Waals surface area contributed by atoms with Crippen molar-refractivity contribution >= 4 is 11.8 Å². The van der Waals surface area contributed by atoms with Gasteiger partial charge >= 0.3 is 0 Å². The summed E-state index contributed by atoms with van der Waals surface area (Å²) >= 11 is 0. The first-order valence-electron chi connectivity index (χ1n) is 11.0. The van der Waals surface area contributed by atoms with Gasteiger partial charge in [0.1, 0.15) is 6.04 Å². The normalized spacial score (nSPS) is 19.8. The van der Waals surface area contributed by atoms with Crippen molar-refractivity contribution in [2.45, 2.75) is 58.5 Å². The number of nitrogens with one attached hydrogen (secondary N) is 2. The van der Waals surface area contributed by atoms with Gasteiger partial charge in [0.15, 0.2) is 0 Å². The molecule has 1 fully saturated rings. The van der Waals surface area contributed by atoms with Gasteiger partial charge in [-0.05, 0) is 60.8 Å². The van der Waals surface area contributed by atoms with E-state index >= 15 is 0 Å². The predicted molar refractivity (Wildman–Crippen MR) is 118 cm³/mol. The highest BCUT2D eigenvalue weighted by atomic mass is 16.2. The molecule has 1 heterocycles. The smallest absolute Gasteiger partial charge is 0.243 e. The molecule has 1 aliphatic carbocycles.